The molecule has 0 aromatic heterocycles. The van der Waals surface area contributed by atoms with Crippen LogP contribution in [0.3, 0.4) is 0 Å². The van der Waals surface area contributed by atoms with Crippen molar-refractivity contribution >= 4 is 11.8 Å². The van der Waals surface area contributed by atoms with Crippen molar-refractivity contribution < 1.29 is 71.2 Å². The SMILES string of the molecule is CCC[C@@H]1CC2=CC(=O)CC[C@]2(C)[C@H]2CC[C@@]3(C)[C@@H](CC[C@]3(O)CCC(=O)[O-])[C@H]12.[K+]. The molecule has 4 aliphatic rings. The summed E-state index contributed by atoms with van der Waals surface area (Å²) in [7, 11) is 0. The number of carboxylic acids is 1. The fraction of sp³-hybridized carbons (Fsp3) is 0.840. The van der Waals surface area contributed by atoms with E-state index in [0.29, 0.717) is 48.7 Å². The molecule has 0 aliphatic heterocycles. The van der Waals surface area contributed by atoms with Crippen molar-refractivity contribution in [1.29, 1.82) is 0 Å². The molecule has 0 heterocycles. The molecule has 4 aliphatic carbocycles. The summed E-state index contributed by atoms with van der Waals surface area (Å²) in [6.45, 7) is 6.87. The molecule has 0 spiro atoms. The number of hydrogen-bond donors (Lipinski definition) is 1. The first-order valence-corrected chi connectivity index (χ1v) is 11.8. The molecule has 0 amide bonds. The largest absolute Gasteiger partial charge is 1.00 e. The maximum Gasteiger partial charge on any atom is 1.00 e. The quantitative estimate of drug-likeness (QED) is 0.642. The van der Waals surface area contributed by atoms with Gasteiger partial charge in [0.05, 0.1) is 5.60 Å². The van der Waals surface area contributed by atoms with Crippen molar-refractivity contribution in [2.24, 2.45) is 34.5 Å². The van der Waals surface area contributed by atoms with Crippen LogP contribution in [0.4, 0.5) is 0 Å². The average molecular weight is 441 g/mol. The van der Waals surface area contributed by atoms with Gasteiger partial charge in [-0.3, -0.25) is 4.79 Å². The molecule has 3 fully saturated rings. The average Bonchev–Trinajstić information content (AvgIpc) is 2.93. The molecule has 3 saturated carbocycles. The number of ketones is 1. The van der Waals surface area contributed by atoms with Gasteiger partial charge in [-0.1, -0.05) is 39.2 Å². The molecule has 0 saturated heterocycles. The topological polar surface area (TPSA) is 77.4 Å². The Bertz CT molecular complexity index is 733. The Hall–Kier alpha value is 0.476. The van der Waals surface area contributed by atoms with Crippen molar-refractivity contribution in [2.45, 2.75) is 97.0 Å². The zero-order chi connectivity index (χ0) is 21.0. The number of carboxylic acid groups (broad SMARTS) is 1. The second-order valence-electron chi connectivity index (χ2n) is 11.0. The van der Waals surface area contributed by atoms with Crippen LogP contribution in [-0.2, 0) is 9.59 Å². The summed E-state index contributed by atoms with van der Waals surface area (Å²) in [5.41, 5.74) is 0.411. The Morgan fingerprint density at radius 1 is 1.20 bits per heavy atom. The first-order valence-electron chi connectivity index (χ1n) is 11.8. The maximum atomic E-state index is 12.2. The number of fused-ring (bicyclic) bond motifs is 5. The minimum atomic E-state index is -1.06. The van der Waals surface area contributed by atoms with E-state index in [-0.39, 0.29) is 68.6 Å². The van der Waals surface area contributed by atoms with Crippen LogP contribution in [0, 0.1) is 34.5 Å². The number of rotatable bonds is 5. The molecule has 0 unspecified atom stereocenters. The summed E-state index contributed by atoms with van der Waals surface area (Å²) in [5, 5.41) is 22.7. The third-order valence-corrected chi connectivity index (χ3v) is 9.86. The van der Waals surface area contributed by atoms with Crippen molar-refractivity contribution in [3.8, 4) is 0 Å². The van der Waals surface area contributed by atoms with E-state index >= 15 is 0 Å². The third-order valence-electron chi connectivity index (χ3n) is 9.86. The minimum absolute atomic E-state index is 0. The van der Waals surface area contributed by atoms with Crippen LogP contribution in [-0.4, -0.2) is 22.5 Å². The van der Waals surface area contributed by atoms with E-state index in [1.807, 2.05) is 6.08 Å². The third kappa shape index (κ3) is 3.88. The first kappa shape index (κ1) is 25.1. The van der Waals surface area contributed by atoms with Crippen LogP contribution in [0.5, 0.6) is 0 Å². The Morgan fingerprint density at radius 3 is 2.57 bits per heavy atom. The molecule has 30 heavy (non-hydrogen) atoms. The van der Waals surface area contributed by atoms with Crippen molar-refractivity contribution in [3.63, 3.8) is 0 Å². The maximum absolute atomic E-state index is 12.2. The second-order valence-corrected chi connectivity index (χ2v) is 11.0. The van der Waals surface area contributed by atoms with E-state index in [2.05, 4.69) is 20.8 Å². The van der Waals surface area contributed by atoms with Crippen molar-refractivity contribution in [2.75, 3.05) is 0 Å². The van der Waals surface area contributed by atoms with E-state index in [0.717, 1.165) is 38.5 Å². The summed E-state index contributed by atoms with van der Waals surface area (Å²) in [4.78, 5) is 23.3. The number of carbonyl (C=O) groups excluding carboxylic acids is 2. The molecule has 0 aromatic carbocycles. The summed E-state index contributed by atoms with van der Waals surface area (Å²) < 4.78 is 0. The fourth-order valence-corrected chi connectivity index (χ4v) is 8.20. The zero-order valence-electron chi connectivity index (χ0n) is 19.3. The number of hydrogen-bond acceptors (Lipinski definition) is 4. The Morgan fingerprint density at radius 2 is 1.90 bits per heavy atom. The number of allylic oxidation sites excluding steroid dienone is 1. The van der Waals surface area contributed by atoms with Gasteiger partial charge < -0.3 is 15.0 Å². The number of aliphatic carboxylic acids is 1. The summed E-state index contributed by atoms with van der Waals surface area (Å²) >= 11 is 0. The molecule has 4 rings (SSSR count). The molecule has 0 aromatic rings. The number of carbonyl (C=O) groups is 2. The van der Waals surface area contributed by atoms with Gasteiger partial charge in [-0.05, 0) is 91.9 Å². The van der Waals surface area contributed by atoms with Gasteiger partial charge in [-0.2, -0.15) is 0 Å². The van der Waals surface area contributed by atoms with Crippen LogP contribution in [0.15, 0.2) is 11.6 Å². The van der Waals surface area contributed by atoms with E-state index in [1.54, 1.807) is 0 Å². The summed E-state index contributed by atoms with van der Waals surface area (Å²) in [6.07, 6.45) is 10.9. The Balaban J connectivity index is 0.00000256. The van der Waals surface area contributed by atoms with E-state index in [4.69, 9.17) is 0 Å². The van der Waals surface area contributed by atoms with Crippen LogP contribution < -0.4 is 56.5 Å². The van der Waals surface area contributed by atoms with Gasteiger partial charge in [-0.25, -0.2) is 0 Å². The molecular weight excluding hydrogens is 403 g/mol. The minimum Gasteiger partial charge on any atom is -0.550 e. The molecule has 0 radical (unpaired) electrons. The molecular formula is C25H37KO4. The molecule has 162 valence electrons. The van der Waals surface area contributed by atoms with Gasteiger partial charge in [0, 0.05) is 12.4 Å². The Kier molecular flexibility index (Phi) is 7.55. The van der Waals surface area contributed by atoms with Gasteiger partial charge in [0.15, 0.2) is 5.78 Å². The molecule has 4 nitrogen and oxygen atoms in total. The predicted octanol–water partition coefficient (Wildman–Crippen LogP) is 0.810. The monoisotopic (exact) mass is 440 g/mol. The first-order chi connectivity index (χ1) is 13.6. The van der Waals surface area contributed by atoms with E-state index < -0.39 is 11.6 Å². The van der Waals surface area contributed by atoms with Crippen LogP contribution in [0.1, 0.15) is 91.4 Å². The van der Waals surface area contributed by atoms with Crippen LogP contribution in [0.2, 0.25) is 0 Å². The molecule has 5 heteroatoms. The predicted molar refractivity (Wildman–Crippen MR) is 110 cm³/mol. The van der Waals surface area contributed by atoms with Gasteiger partial charge >= 0.3 is 51.4 Å². The van der Waals surface area contributed by atoms with Gasteiger partial charge in [0.1, 0.15) is 0 Å². The smallest absolute Gasteiger partial charge is 0.550 e. The zero-order valence-corrected chi connectivity index (χ0v) is 22.5. The normalized spacial score (nSPS) is 44.9. The van der Waals surface area contributed by atoms with E-state index in [1.165, 1.54) is 12.0 Å². The summed E-state index contributed by atoms with van der Waals surface area (Å²) in [5.74, 6) is 1.40. The molecule has 1 N–H and O–H groups in total. The van der Waals surface area contributed by atoms with Crippen LogP contribution in [0.25, 0.3) is 0 Å². The van der Waals surface area contributed by atoms with Crippen LogP contribution >= 0.6 is 0 Å². The van der Waals surface area contributed by atoms with Gasteiger partial charge in [0.2, 0.25) is 0 Å². The second kappa shape index (κ2) is 9.02. The number of aliphatic hydroxyl groups is 1. The fourth-order valence-electron chi connectivity index (χ4n) is 8.20. The van der Waals surface area contributed by atoms with Crippen molar-refractivity contribution in [3.05, 3.63) is 11.6 Å². The van der Waals surface area contributed by atoms with E-state index in [9.17, 15) is 19.8 Å². The molecule has 0 bridgehead atoms. The van der Waals surface area contributed by atoms with Crippen molar-refractivity contribution in [1.82, 2.24) is 0 Å². The summed E-state index contributed by atoms with van der Waals surface area (Å²) in [6, 6.07) is 0. The van der Waals surface area contributed by atoms with Gasteiger partial charge in [0.25, 0.3) is 0 Å². The Labute approximate surface area is 224 Å². The van der Waals surface area contributed by atoms with Gasteiger partial charge in [-0.15, -0.1) is 0 Å². The molecule has 7 atom stereocenters. The standard InChI is InChI=1S/C25H38O4.K/c1-4-5-16-14-17-15-18(26)6-10-23(17,2)19-7-11-24(3)20(22(16)19)8-12-25(24,29)13-9-21(27)28;/h15-16,19-20,22,29H,4-14H2,1-3H3,(H,27,28);/q;+1/p-1/t16-,19+,20+,22-,23+,24+,25+;/m1./s1.